The van der Waals surface area contributed by atoms with Crippen LogP contribution in [0.25, 0.3) is 0 Å². The molecule has 0 heterocycles. The van der Waals surface area contributed by atoms with Crippen molar-refractivity contribution in [3.05, 3.63) is 0 Å². The van der Waals surface area contributed by atoms with Gasteiger partial charge in [-0.3, -0.25) is 0 Å². The van der Waals surface area contributed by atoms with Crippen LogP contribution in [-0.4, -0.2) is 392 Å². The van der Waals surface area contributed by atoms with Gasteiger partial charge in [-0.25, -0.2) is 0 Å². The number of rotatable bonds is 34. The van der Waals surface area contributed by atoms with E-state index in [0.29, 0.717) is 51.4 Å². The van der Waals surface area contributed by atoms with Crippen molar-refractivity contribution in [1.82, 2.24) is 0 Å². The van der Waals surface area contributed by atoms with E-state index in [-0.39, 0.29) is 42.7 Å². The maximum absolute atomic E-state index is 9.10. The van der Waals surface area contributed by atoms with Crippen molar-refractivity contribution in [2.24, 2.45) is 0 Å². The van der Waals surface area contributed by atoms with E-state index in [9.17, 15) is 0 Å². The van der Waals surface area contributed by atoms with E-state index >= 15 is 0 Å². The summed E-state index contributed by atoms with van der Waals surface area (Å²) in [7, 11) is 0. The highest BCUT2D eigenvalue weighted by Gasteiger charge is 2.30. The molecule has 35 heteroatoms. The zero-order valence-corrected chi connectivity index (χ0v) is 81.2. The molecule has 32 atom stereocenters. The predicted octanol–water partition coefficient (Wildman–Crippen LogP) is 1.32. The van der Waals surface area contributed by atoms with Crippen molar-refractivity contribution >= 4 is 0 Å². The van der Waals surface area contributed by atoms with E-state index in [4.69, 9.17) is 179 Å². The SMILES string of the molecule is CC(C)O.CC(C)O.CC(C)O.CCC(C)O.CCC(C)O.CCCC.CCCC.CC[C@@H](C)O.CC[C@@H](O)[C@@H](O)[C@@H](C)O.CC[C@@H](O)[C@@H](O)[C@@H](O)[C@H](C)O.CC[C@@H](O)[C@@H](O)[C@H](C)O.CC[C@@H](O)[C@@H](O)[C@H](O)[C@@H](C)O.CC[C@@H](O)[C@@H](O)[C@H](O)[C@H](C)O.CC[C@@H](O)[C@H](O)[C@@H](C)O.CC[C@@H](O)[C@H](O)[C@H](C)O.CC[C@@H](O)[C@H](O)[C@H](O)[C@H](C)O.CC[C@H](C)O. The molecule has 0 aliphatic heterocycles. The van der Waals surface area contributed by atoms with Gasteiger partial charge in [-0.15, -0.1) is 0 Å². The van der Waals surface area contributed by atoms with E-state index in [0.717, 1.165) is 25.7 Å². The highest BCUT2D eigenvalue weighted by Crippen LogP contribution is 2.11. The first-order chi connectivity index (χ1) is 54.5. The minimum atomic E-state index is -1.27. The Kier molecular flexibility index (Phi) is 148. The van der Waals surface area contributed by atoms with E-state index in [1.165, 1.54) is 81.1 Å². The summed E-state index contributed by atoms with van der Waals surface area (Å²) in [4.78, 5) is 0. The fraction of sp³-hybridized carbons (Fsp3) is 1.00. The highest BCUT2D eigenvalue weighted by atomic mass is 16.4. The molecule has 0 amide bonds. The first kappa shape index (κ1) is 159. The van der Waals surface area contributed by atoms with Crippen molar-refractivity contribution < 1.29 is 179 Å². The molecule has 0 fully saturated rings. The monoisotopic (exact) mass is 1790 g/mol. The van der Waals surface area contributed by atoms with Crippen LogP contribution in [0.5, 0.6) is 0 Å². The van der Waals surface area contributed by atoms with Crippen molar-refractivity contribution in [1.29, 1.82) is 0 Å². The van der Waals surface area contributed by atoms with Gasteiger partial charge in [0.15, 0.2) is 0 Å². The molecule has 0 aromatic carbocycles. The second-order valence-corrected chi connectivity index (χ2v) is 29.9. The van der Waals surface area contributed by atoms with Crippen LogP contribution < -0.4 is 0 Å². The third-order valence-corrected chi connectivity index (χ3v) is 15.2. The lowest BCUT2D eigenvalue weighted by atomic mass is 10.0. The summed E-state index contributed by atoms with van der Waals surface area (Å²) in [5, 5.41) is 307. The van der Waals surface area contributed by atoms with Gasteiger partial charge in [-0.1, -0.05) is 136 Å². The Bertz CT molecular complexity index is 1500. The molecule has 0 aliphatic carbocycles. The Morgan fingerprint density at radius 3 is 0.217 bits per heavy atom. The zero-order chi connectivity index (χ0) is 101. The quantitative estimate of drug-likeness (QED) is 0.0432. The van der Waals surface area contributed by atoms with Crippen molar-refractivity contribution in [2.45, 2.75) is 552 Å². The second-order valence-electron chi connectivity index (χ2n) is 29.9. The molecule has 0 aromatic heterocycles. The minimum absolute atomic E-state index is 0.116. The Hall–Kier alpha value is -1.40. The van der Waals surface area contributed by atoms with Gasteiger partial charge in [-0.2, -0.15) is 0 Å². The third kappa shape index (κ3) is 142. The molecule has 0 bridgehead atoms. The Morgan fingerprint density at radius 2 is 0.183 bits per heavy atom. The highest BCUT2D eigenvalue weighted by molar-refractivity contribution is 4.81. The lowest BCUT2D eigenvalue weighted by molar-refractivity contribution is -0.100. The summed E-state index contributed by atoms with van der Waals surface area (Å²) in [5.41, 5.74) is 0. The first-order valence-electron chi connectivity index (χ1n) is 43.3. The maximum Gasteiger partial charge on any atom is 0.108 e. The number of aliphatic hydroxyl groups excluding tert-OH is 35. The van der Waals surface area contributed by atoms with Gasteiger partial charge in [0, 0.05) is 18.3 Å². The topological polar surface area (TPSA) is 708 Å². The fourth-order valence-corrected chi connectivity index (χ4v) is 5.27. The first-order valence-corrected chi connectivity index (χ1v) is 43.3. The molecule has 35 N–H and O–H groups in total. The zero-order valence-electron chi connectivity index (χ0n) is 81.2. The van der Waals surface area contributed by atoms with Gasteiger partial charge in [0.1, 0.15) is 73.2 Å². The largest absolute Gasteiger partial charge is 0.394 e. The summed E-state index contributed by atoms with van der Waals surface area (Å²) in [5.74, 6) is 0. The number of aliphatic hydroxyl groups is 35. The molecule has 0 aliphatic rings. The van der Waals surface area contributed by atoms with E-state index in [1.54, 1.807) is 125 Å². The third-order valence-electron chi connectivity index (χ3n) is 15.2. The number of unbranched alkanes of at least 4 members (excludes halogenated alkanes) is 2. The van der Waals surface area contributed by atoms with Gasteiger partial charge in [0.25, 0.3) is 0 Å². The summed E-state index contributed by atoms with van der Waals surface area (Å²) in [6.45, 7) is 58.9. The number of hydrogen-bond donors (Lipinski definition) is 35. The molecule has 0 rings (SSSR count). The van der Waals surface area contributed by atoms with Crippen LogP contribution in [0, 0.1) is 0 Å². The van der Waals surface area contributed by atoms with Crippen LogP contribution in [-0.2, 0) is 0 Å². The van der Waals surface area contributed by atoms with Gasteiger partial charge in [0.05, 0.1) is 122 Å². The van der Waals surface area contributed by atoms with Crippen LogP contribution in [0.15, 0.2) is 0 Å². The molecule has 120 heavy (non-hydrogen) atoms. The molecule has 35 nitrogen and oxygen atoms in total. The summed E-state index contributed by atoms with van der Waals surface area (Å²) < 4.78 is 0. The van der Waals surface area contributed by atoms with Gasteiger partial charge in [0.2, 0.25) is 0 Å². The Morgan fingerprint density at radius 1 is 0.117 bits per heavy atom. The molecular weight excluding hydrogens is 1580 g/mol. The second kappa shape index (κ2) is 112. The van der Waals surface area contributed by atoms with Crippen molar-refractivity contribution in [3.8, 4) is 0 Å². The Labute approximate surface area is 727 Å². The molecule has 0 saturated heterocycles. The lowest BCUT2D eigenvalue weighted by Crippen LogP contribution is -2.42. The summed E-state index contributed by atoms with van der Waals surface area (Å²) in [6, 6.07) is 0. The van der Waals surface area contributed by atoms with E-state index in [2.05, 4.69) is 27.7 Å². The smallest absolute Gasteiger partial charge is 0.108 e. The molecular formula is C85H204O35. The van der Waals surface area contributed by atoms with E-state index < -0.39 is 171 Å². The Balaban J connectivity index is -0.0000000634. The van der Waals surface area contributed by atoms with Crippen LogP contribution in [0.2, 0.25) is 0 Å². The van der Waals surface area contributed by atoms with Crippen molar-refractivity contribution in [2.75, 3.05) is 0 Å². The maximum atomic E-state index is 9.10. The standard InChI is InChI=1S/4C7H16O4.4C6H14O3.4C4H10O.2C4H10.3C3H8O/c4*1-3-5(9)7(11)6(10)4(2)8;4*1-3-5(8)6(9)4(2)7;4*1-3-4(2)5;2*1-3-4-2;3*1-3(2)4/h4*4-11H,3H2,1-2H3;4*4-9H,3H2,1-2H3;4*4-5H,3H2,1-2H3;2*3-4H2,1-2H3;3*3-4H,1-2H3/t4-,5+,6+,7+;4-,5+,6+,7-;4-,5+,6-,7+;4-,5-,6-,7-;4-,5+,6+;4-,5+,6-;4-,5-,6+;4-,5-,6-;2*4-;;;;;;;/m0001001110......./s1. The lowest BCUT2D eigenvalue weighted by Gasteiger charge is -2.23. The average Bonchev–Trinajstić information content (AvgIpc) is 0.946. The molecule has 0 saturated carbocycles. The summed E-state index contributed by atoms with van der Waals surface area (Å²) >= 11 is 0. The molecule has 0 spiro atoms. The minimum Gasteiger partial charge on any atom is -0.394 e. The van der Waals surface area contributed by atoms with Crippen LogP contribution in [0.4, 0.5) is 0 Å². The molecule has 0 radical (unpaired) electrons. The van der Waals surface area contributed by atoms with Gasteiger partial charge >= 0.3 is 0 Å². The summed E-state index contributed by atoms with van der Waals surface area (Å²) in [6.07, 6.45) is -17.7. The predicted molar refractivity (Wildman–Crippen MR) is 477 cm³/mol. The fourth-order valence-electron chi connectivity index (χ4n) is 5.27. The molecule has 754 valence electrons. The van der Waals surface area contributed by atoms with Gasteiger partial charge < -0.3 is 179 Å². The van der Waals surface area contributed by atoms with Crippen LogP contribution >= 0.6 is 0 Å². The molecule has 0 aromatic rings. The van der Waals surface area contributed by atoms with Gasteiger partial charge in [-0.05, 0) is 202 Å². The van der Waals surface area contributed by atoms with Crippen LogP contribution in [0.1, 0.15) is 338 Å². The van der Waals surface area contributed by atoms with E-state index in [1.807, 2.05) is 27.7 Å². The van der Waals surface area contributed by atoms with Crippen molar-refractivity contribution in [3.63, 3.8) is 0 Å². The number of hydrogen-bond acceptors (Lipinski definition) is 35. The normalized spacial score (nSPS) is 18.4. The van der Waals surface area contributed by atoms with Crippen LogP contribution in [0.3, 0.4) is 0 Å². The average molecular weight is 1790 g/mol. The molecule has 2 unspecified atom stereocenters.